The number of carboxylic acids is 1. The number of carbonyl (C=O) groups is 2. The van der Waals surface area contributed by atoms with Gasteiger partial charge in [-0.3, -0.25) is 4.79 Å². The van der Waals surface area contributed by atoms with Crippen LogP contribution in [-0.2, 0) is 4.79 Å². The lowest BCUT2D eigenvalue weighted by Gasteiger charge is -2.40. The Hall–Kier alpha value is -1.70. The summed E-state index contributed by atoms with van der Waals surface area (Å²) in [6, 6.07) is -0.153. The zero-order chi connectivity index (χ0) is 14.5. The van der Waals surface area contributed by atoms with Gasteiger partial charge in [0.25, 0.3) is 0 Å². The molecule has 1 atom stereocenters. The maximum absolute atomic E-state index is 12.3. The third-order valence-corrected chi connectivity index (χ3v) is 3.91. The molecule has 0 bridgehead atoms. The number of nitrogens with zero attached hydrogens (tertiary/aromatic N) is 2. The van der Waals surface area contributed by atoms with Crippen LogP contribution in [-0.4, -0.2) is 53.1 Å². The summed E-state index contributed by atoms with van der Waals surface area (Å²) in [5.74, 6) is 1.65. The highest BCUT2D eigenvalue weighted by Crippen LogP contribution is 2.34. The number of carbonyl (C=O) groups excluding carboxylic acids is 1. The van der Waals surface area contributed by atoms with Crippen LogP contribution < -0.4 is 0 Å². The van der Waals surface area contributed by atoms with Gasteiger partial charge in [-0.05, 0) is 26.2 Å². The van der Waals surface area contributed by atoms with Crippen LogP contribution in [0.4, 0.5) is 4.79 Å². The fourth-order valence-corrected chi connectivity index (χ4v) is 2.53. The van der Waals surface area contributed by atoms with Crippen LogP contribution >= 0.6 is 0 Å². The van der Waals surface area contributed by atoms with Crippen molar-refractivity contribution in [2.45, 2.75) is 33.1 Å². The zero-order valence-electron chi connectivity index (χ0n) is 11.7. The third kappa shape index (κ3) is 3.19. The van der Waals surface area contributed by atoms with Gasteiger partial charge in [-0.2, -0.15) is 0 Å². The van der Waals surface area contributed by atoms with E-state index in [0.29, 0.717) is 25.9 Å². The highest BCUT2D eigenvalue weighted by molar-refractivity contribution is 5.79. The van der Waals surface area contributed by atoms with Crippen LogP contribution in [0.2, 0.25) is 0 Å². The van der Waals surface area contributed by atoms with E-state index in [1.54, 1.807) is 9.80 Å². The summed E-state index contributed by atoms with van der Waals surface area (Å²) < 4.78 is 0. The molecular formula is C14H22N2O3. The van der Waals surface area contributed by atoms with E-state index in [2.05, 4.69) is 5.92 Å². The van der Waals surface area contributed by atoms with Gasteiger partial charge in [-0.25, -0.2) is 4.79 Å². The predicted molar refractivity (Wildman–Crippen MR) is 72.6 cm³/mol. The van der Waals surface area contributed by atoms with Crippen LogP contribution in [0, 0.1) is 17.8 Å². The summed E-state index contributed by atoms with van der Waals surface area (Å²) in [5, 5.41) is 9.40. The molecule has 0 aliphatic carbocycles. The smallest absolute Gasteiger partial charge is 0.320 e. The number of likely N-dealkylation sites (tertiary alicyclic amines) is 1. The van der Waals surface area contributed by atoms with Crippen LogP contribution in [0.5, 0.6) is 0 Å². The molecule has 1 aliphatic rings. The summed E-state index contributed by atoms with van der Waals surface area (Å²) in [6.07, 6.45) is 7.13. The number of carboxylic acid groups (broad SMARTS) is 1. The lowest BCUT2D eigenvalue weighted by molar-refractivity contribution is -0.152. The van der Waals surface area contributed by atoms with Crippen molar-refractivity contribution >= 4 is 12.0 Å². The summed E-state index contributed by atoms with van der Waals surface area (Å²) in [5.41, 5.74) is -0.802. The standard InChI is InChI=1S/C14H22N2O3/c1-4-9-15(6-3)13(19)16-10-7-8-14(5-2,11-16)12(17)18/h1H,5-11H2,2-3H3,(H,17,18). The molecule has 19 heavy (non-hydrogen) atoms. The van der Waals surface area contributed by atoms with Crippen molar-refractivity contribution in [3.05, 3.63) is 0 Å². The van der Waals surface area contributed by atoms with Crippen molar-refractivity contribution in [1.82, 2.24) is 9.80 Å². The van der Waals surface area contributed by atoms with E-state index in [0.717, 1.165) is 6.42 Å². The first-order chi connectivity index (χ1) is 9.00. The molecule has 1 N–H and O–H groups in total. The molecule has 1 aliphatic heterocycles. The molecule has 0 saturated carbocycles. The number of amides is 2. The largest absolute Gasteiger partial charge is 0.481 e. The maximum atomic E-state index is 12.3. The number of rotatable bonds is 4. The van der Waals surface area contributed by atoms with Crippen molar-refractivity contribution in [3.63, 3.8) is 0 Å². The minimum absolute atomic E-state index is 0.153. The Morgan fingerprint density at radius 3 is 2.63 bits per heavy atom. The highest BCUT2D eigenvalue weighted by Gasteiger charge is 2.42. The van der Waals surface area contributed by atoms with Crippen LogP contribution in [0.3, 0.4) is 0 Å². The van der Waals surface area contributed by atoms with Gasteiger partial charge in [-0.1, -0.05) is 12.8 Å². The van der Waals surface area contributed by atoms with Crippen LogP contribution in [0.1, 0.15) is 33.1 Å². The number of urea groups is 1. The first kappa shape index (κ1) is 15.4. The van der Waals surface area contributed by atoms with Crippen molar-refractivity contribution in [2.75, 3.05) is 26.2 Å². The number of hydrogen-bond acceptors (Lipinski definition) is 2. The van der Waals surface area contributed by atoms with E-state index < -0.39 is 11.4 Å². The molecule has 5 heteroatoms. The Balaban J connectivity index is 2.82. The van der Waals surface area contributed by atoms with E-state index in [-0.39, 0.29) is 19.1 Å². The number of terminal acetylenes is 1. The number of piperidine rings is 1. The summed E-state index contributed by atoms with van der Waals surface area (Å²) in [4.78, 5) is 27.0. The fourth-order valence-electron chi connectivity index (χ4n) is 2.53. The van der Waals surface area contributed by atoms with Gasteiger partial charge >= 0.3 is 12.0 Å². The SMILES string of the molecule is C#CCN(CC)C(=O)N1CCCC(CC)(C(=O)O)C1. The molecule has 1 rings (SSSR count). The predicted octanol–water partition coefficient (Wildman–Crippen LogP) is 1.64. The zero-order valence-corrected chi connectivity index (χ0v) is 11.7. The molecule has 5 nitrogen and oxygen atoms in total. The van der Waals surface area contributed by atoms with Gasteiger partial charge in [0.15, 0.2) is 0 Å². The number of aliphatic carboxylic acids is 1. The molecule has 1 saturated heterocycles. The summed E-state index contributed by atoms with van der Waals surface area (Å²) in [7, 11) is 0. The third-order valence-electron chi connectivity index (χ3n) is 3.91. The Bertz CT molecular complexity index is 389. The van der Waals surface area contributed by atoms with Crippen molar-refractivity contribution in [3.8, 4) is 12.3 Å². The van der Waals surface area contributed by atoms with Crippen molar-refractivity contribution in [2.24, 2.45) is 5.41 Å². The molecule has 0 aromatic rings. The maximum Gasteiger partial charge on any atom is 0.320 e. The Morgan fingerprint density at radius 2 is 2.16 bits per heavy atom. The minimum Gasteiger partial charge on any atom is -0.481 e. The second kappa shape index (κ2) is 6.46. The summed E-state index contributed by atoms with van der Waals surface area (Å²) >= 11 is 0. The number of hydrogen-bond donors (Lipinski definition) is 1. The normalized spacial score (nSPS) is 22.7. The molecule has 106 valence electrons. The van der Waals surface area contributed by atoms with E-state index in [1.807, 2.05) is 13.8 Å². The first-order valence-corrected chi connectivity index (χ1v) is 6.71. The van der Waals surface area contributed by atoms with E-state index in [4.69, 9.17) is 6.42 Å². The van der Waals surface area contributed by atoms with Gasteiger partial charge in [0.2, 0.25) is 0 Å². The quantitative estimate of drug-likeness (QED) is 0.787. The Morgan fingerprint density at radius 1 is 1.47 bits per heavy atom. The molecule has 0 spiro atoms. The lowest BCUT2D eigenvalue weighted by Crippen LogP contribution is -2.53. The monoisotopic (exact) mass is 266 g/mol. The fraction of sp³-hybridized carbons (Fsp3) is 0.714. The van der Waals surface area contributed by atoms with Crippen molar-refractivity contribution < 1.29 is 14.7 Å². The topological polar surface area (TPSA) is 60.9 Å². The summed E-state index contributed by atoms with van der Waals surface area (Å²) in [6.45, 7) is 5.40. The van der Waals surface area contributed by atoms with Gasteiger partial charge in [0.05, 0.1) is 12.0 Å². The molecule has 2 amide bonds. The molecule has 0 radical (unpaired) electrons. The molecule has 1 fully saturated rings. The Labute approximate surface area is 114 Å². The van der Waals surface area contributed by atoms with E-state index >= 15 is 0 Å². The average molecular weight is 266 g/mol. The highest BCUT2D eigenvalue weighted by atomic mass is 16.4. The molecule has 1 unspecified atom stereocenters. The van der Waals surface area contributed by atoms with Crippen LogP contribution in [0.15, 0.2) is 0 Å². The lowest BCUT2D eigenvalue weighted by atomic mass is 9.78. The second-order valence-electron chi connectivity index (χ2n) is 4.97. The molecule has 0 aromatic heterocycles. The average Bonchev–Trinajstić information content (AvgIpc) is 2.43. The minimum atomic E-state index is -0.813. The Kier molecular flexibility index (Phi) is 5.22. The molecule has 0 aromatic carbocycles. The molecule has 1 heterocycles. The van der Waals surface area contributed by atoms with Gasteiger partial charge in [0, 0.05) is 19.6 Å². The first-order valence-electron chi connectivity index (χ1n) is 6.71. The van der Waals surface area contributed by atoms with Gasteiger partial charge in [0.1, 0.15) is 0 Å². The van der Waals surface area contributed by atoms with Crippen LogP contribution in [0.25, 0.3) is 0 Å². The second-order valence-corrected chi connectivity index (χ2v) is 4.97. The van der Waals surface area contributed by atoms with E-state index in [9.17, 15) is 14.7 Å². The van der Waals surface area contributed by atoms with E-state index in [1.165, 1.54) is 0 Å². The van der Waals surface area contributed by atoms with Gasteiger partial charge in [-0.15, -0.1) is 6.42 Å². The van der Waals surface area contributed by atoms with Gasteiger partial charge < -0.3 is 14.9 Å². The molecular weight excluding hydrogens is 244 g/mol. The van der Waals surface area contributed by atoms with Crippen molar-refractivity contribution in [1.29, 1.82) is 0 Å².